The molecule has 0 spiro atoms. The van der Waals surface area contributed by atoms with Gasteiger partial charge in [0.05, 0.1) is 6.10 Å². The Bertz CT molecular complexity index is 342. The summed E-state index contributed by atoms with van der Waals surface area (Å²) in [5.74, 6) is 2.63. The molecule has 2 rings (SSSR count). The maximum Gasteiger partial charge on any atom is 0.0577 e. The average molecular weight is 278 g/mol. The van der Waals surface area contributed by atoms with E-state index in [0.29, 0.717) is 5.41 Å². The summed E-state index contributed by atoms with van der Waals surface area (Å²) in [7, 11) is 0. The van der Waals surface area contributed by atoms with E-state index < -0.39 is 0 Å². The molecule has 0 amide bonds. The molecule has 116 valence electrons. The van der Waals surface area contributed by atoms with Gasteiger partial charge in [0.25, 0.3) is 0 Å². The Morgan fingerprint density at radius 3 is 2.70 bits per heavy atom. The Labute approximate surface area is 125 Å². The lowest BCUT2D eigenvalue weighted by atomic mass is 9.57. The maximum atomic E-state index is 10.0. The molecule has 0 aromatic heterocycles. The monoisotopic (exact) mass is 278 g/mol. The Morgan fingerprint density at radius 2 is 2.00 bits per heavy atom. The molecule has 0 aromatic rings. The number of hydrogen-bond acceptors (Lipinski definition) is 1. The van der Waals surface area contributed by atoms with Crippen molar-refractivity contribution in [2.75, 3.05) is 0 Å². The highest BCUT2D eigenvalue weighted by Gasteiger charge is 2.41. The fourth-order valence-electron chi connectivity index (χ4n) is 4.95. The van der Waals surface area contributed by atoms with Crippen LogP contribution in [0, 0.1) is 23.2 Å². The van der Waals surface area contributed by atoms with Crippen molar-refractivity contribution in [3.63, 3.8) is 0 Å². The molecule has 0 saturated heterocycles. The van der Waals surface area contributed by atoms with Crippen molar-refractivity contribution in [1.29, 1.82) is 0 Å². The van der Waals surface area contributed by atoms with E-state index in [0.717, 1.165) is 30.6 Å². The highest BCUT2D eigenvalue weighted by molar-refractivity contribution is 5.04. The number of fused-ring (bicyclic) bond motifs is 1. The molecule has 0 aromatic carbocycles. The lowest BCUT2D eigenvalue weighted by Gasteiger charge is -2.48. The molecule has 1 N–H and O–H groups in total. The van der Waals surface area contributed by atoms with E-state index >= 15 is 0 Å². The van der Waals surface area contributed by atoms with Crippen LogP contribution in [0.15, 0.2) is 11.6 Å². The van der Waals surface area contributed by atoms with E-state index in [9.17, 15) is 5.11 Å². The van der Waals surface area contributed by atoms with Gasteiger partial charge in [0.1, 0.15) is 0 Å². The molecule has 0 heterocycles. The van der Waals surface area contributed by atoms with E-state index in [-0.39, 0.29) is 6.10 Å². The van der Waals surface area contributed by atoms with E-state index in [1.807, 2.05) is 0 Å². The van der Waals surface area contributed by atoms with Gasteiger partial charge in [0, 0.05) is 0 Å². The minimum atomic E-state index is -0.107. The van der Waals surface area contributed by atoms with Gasteiger partial charge in [0.2, 0.25) is 0 Å². The SMILES string of the molecule is CCC1C2C/C=C(\C)CC(O)CCCC2CCC1(C)C. The summed E-state index contributed by atoms with van der Waals surface area (Å²) in [6.45, 7) is 9.55. The summed E-state index contributed by atoms with van der Waals surface area (Å²) in [5.41, 5.74) is 1.91. The molecule has 20 heavy (non-hydrogen) atoms. The van der Waals surface area contributed by atoms with Crippen LogP contribution in [0.2, 0.25) is 0 Å². The topological polar surface area (TPSA) is 20.2 Å². The lowest BCUT2D eigenvalue weighted by molar-refractivity contribution is 0.0198. The number of aliphatic hydroxyl groups is 1. The first-order valence-corrected chi connectivity index (χ1v) is 8.77. The quantitative estimate of drug-likeness (QED) is 0.642. The summed E-state index contributed by atoms with van der Waals surface area (Å²) in [6, 6.07) is 0. The first kappa shape index (κ1) is 16.1. The second-order valence-corrected chi connectivity index (χ2v) is 8.04. The fourth-order valence-corrected chi connectivity index (χ4v) is 4.95. The van der Waals surface area contributed by atoms with Crippen molar-refractivity contribution in [2.45, 2.75) is 85.2 Å². The highest BCUT2D eigenvalue weighted by atomic mass is 16.3. The van der Waals surface area contributed by atoms with Crippen LogP contribution in [0.25, 0.3) is 0 Å². The lowest BCUT2D eigenvalue weighted by Crippen LogP contribution is -2.39. The molecule has 1 saturated carbocycles. The smallest absolute Gasteiger partial charge is 0.0577 e. The van der Waals surface area contributed by atoms with E-state index in [2.05, 4.69) is 33.8 Å². The standard InChI is InChI=1S/C19H34O/c1-5-18-17-10-9-14(2)13-16(20)8-6-7-15(17)11-12-19(18,3)4/h9,15-18,20H,5-8,10-13H2,1-4H3/b14-9+. The van der Waals surface area contributed by atoms with Gasteiger partial charge < -0.3 is 5.11 Å². The first-order valence-electron chi connectivity index (χ1n) is 8.77. The van der Waals surface area contributed by atoms with Gasteiger partial charge in [-0.3, -0.25) is 0 Å². The zero-order valence-corrected chi connectivity index (χ0v) is 14.0. The van der Waals surface area contributed by atoms with Crippen LogP contribution in [0.1, 0.15) is 79.1 Å². The van der Waals surface area contributed by atoms with Crippen LogP contribution >= 0.6 is 0 Å². The van der Waals surface area contributed by atoms with Crippen LogP contribution in [-0.2, 0) is 0 Å². The normalized spacial score (nSPS) is 41.4. The molecular formula is C19H34O. The number of aliphatic hydroxyl groups excluding tert-OH is 1. The molecule has 1 nitrogen and oxygen atoms in total. The Hall–Kier alpha value is -0.300. The van der Waals surface area contributed by atoms with Crippen LogP contribution in [0.3, 0.4) is 0 Å². The zero-order valence-electron chi connectivity index (χ0n) is 14.0. The summed E-state index contributed by atoms with van der Waals surface area (Å²) < 4.78 is 0. The molecule has 0 radical (unpaired) electrons. The minimum absolute atomic E-state index is 0.107. The molecule has 4 unspecified atom stereocenters. The third-order valence-corrected chi connectivity index (χ3v) is 6.13. The van der Waals surface area contributed by atoms with Gasteiger partial charge in [-0.1, -0.05) is 51.7 Å². The van der Waals surface area contributed by atoms with Gasteiger partial charge in [-0.15, -0.1) is 0 Å². The molecular weight excluding hydrogens is 244 g/mol. The van der Waals surface area contributed by atoms with Crippen molar-refractivity contribution in [1.82, 2.24) is 0 Å². The summed E-state index contributed by atoms with van der Waals surface area (Å²) >= 11 is 0. The second-order valence-electron chi connectivity index (χ2n) is 8.04. The predicted molar refractivity (Wildman–Crippen MR) is 86.6 cm³/mol. The average Bonchev–Trinajstić information content (AvgIpc) is 2.37. The fraction of sp³-hybridized carbons (Fsp3) is 0.895. The number of rotatable bonds is 1. The van der Waals surface area contributed by atoms with Crippen molar-refractivity contribution in [3.05, 3.63) is 11.6 Å². The molecule has 1 fully saturated rings. The molecule has 4 atom stereocenters. The van der Waals surface area contributed by atoms with Gasteiger partial charge >= 0.3 is 0 Å². The van der Waals surface area contributed by atoms with E-state index in [4.69, 9.17) is 0 Å². The van der Waals surface area contributed by atoms with Crippen LogP contribution in [0.5, 0.6) is 0 Å². The van der Waals surface area contributed by atoms with E-state index in [1.54, 1.807) is 0 Å². The Morgan fingerprint density at radius 1 is 1.25 bits per heavy atom. The molecule has 1 heteroatoms. The highest BCUT2D eigenvalue weighted by Crippen LogP contribution is 2.51. The first-order chi connectivity index (χ1) is 9.44. The zero-order chi connectivity index (χ0) is 14.8. The van der Waals surface area contributed by atoms with Crippen molar-refractivity contribution in [3.8, 4) is 0 Å². The molecule has 0 aliphatic heterocycles. The van der Waals surface area contributed by atoms with Gasteiger partial charge in [0.15, 0.2) is 0 Å². The number of hydrogen-bond donors (Lipinski definition) is 1. The Balaban J connectivity index is 2.19. The van der Waals surface area contributed by atoms with Crippen LogP contribution in [0.4, 0.5) is 0 Å². The van der Waals surface area contributed by atoms with Gasteiger partial charge in [-0.25, -0.2) is 0 Å². The van der Waals surface area contributed by atoms with Crippen LogP contribution in [-0.4, -0.2) is 11.2 Å². The second kappa shape index (κ2) is 6.64. The predicted octanol–water partition coefficient (Wildman–Crippen LogP) is 5.34. The Kier molecular flexibility index (Phi) is 5.34. The minimum Gasteiger partial charge on any atom is -0.393 e. The molecule has 2 aliphatic carbocycles. The number of allylic oxidation sites excluding steroid dienone is 1. The van der Waals surface area contributed by atoms with Crippen molar-refractivity contribution < 1.29 is 5.11 Å². The molecule has 0 bridgehead atoms. The van der Waals surface area contributed by atoms with E-state index in [1.165, 1.54) is 44.1 Å². The third-order valence-electron chi connectivity index (χ3n) is 6.13. The summed E-state index contributed by atoms with van der Waals surface area (Å²) in [6.07, 6.45) is 12.1. The largest absolute Gasteiger partial charge is 0.393 e. The van der Waals surface area contributed by atoms with Gasteiger partial charge in [-0.05, 0) is 62.2 Å². The summed E-state index contributed by atoms with van der Waals surface area (Å²) in [5, 5.41) is 10.0. The maximum absolute atomic E-state index is 10.0. The summed E-state index contributed by atoms with van der Waals surface area (Å²) in [4.78, 5) is 0. The third kappa shape index (κ3) is 3.67. The van der Waals surface area contributed by atoms with Crippen molar-refractivity contribution >= 4 is 0 Å². The van der Waals surface area contributed by atoms with Gasteiger partial charge in [-0.2, -0.15) is 0 Å². The van der Waals surface area contributed by atoms with Crippen LogP contribution < -0.4 is 0 Å². The van der Waals surface area contributed by atoms with Crippen molar-refractivity contribution in [2.24, 2.45) is 23.2 Å². The molecule has 2 aliphatic rings.